The number of methoxy groups -OCH3 is 1. The van der Waals surface area contributed by atoms with Gasteiger partial charge < -0.3 is 15.6 Å². The Hall–Kier alpha value is -2.99. The average molecular weight is 482 g/mol. The van der Waals surface area contributed by atoms with Gasteiger partial charge in [-0.25, -0.2) is 4.39 Å². The van der Waals surface area contributed by atoms with Crippen LogP contribution in [-0.4, -0.2) is 47.7 Å². The number of carboxylic acid groups (broad SMARTS) is 1. The van der Waals surface area contributed by atoms with E-state index in [1.165, 1.54) is 6.20 Å². The second-order valence-corrected chi connectivity index (χ2v) is 9.41. The largest absolute Gasteiger partial charge is 0.497 e. The zero-order chi connectivity index (χ0) is 24.1. The van der Waals surface area contributed by atoms with Gasteiger partial charge in [-0.1, -0.05) is 11.8 Å². The summed E-state index contributed by atoms with van der Waals surface area (Å²) in [6.45, 7) is 1.78. The van der Waals surface area contributed by atoms with Crippen molar-refractivity contribution in [2.75, 3.05) is 26.7 Å². The second-order valence-electron chi connectivity index (χ2n) is 8.63. The summed E-state index contributed by atoms with van der Waals surface area (Å²) in [6, 6.07) is 6.70. The van der Waals surface area contributed by atoms with Crippen LogP contribution >= 0.6 is 11.3 Å². The minimum Gasteiger partial charge on any atom is -0.497 e. The van der Waals surface area contributed by atoms with Gasteiger partial charge in [0.1, 0.15) is 11.6 Å². The molecule has 1 fully saturated rings. The maximum absolute atomic E-state index is 14.8. The van der Waals surface area contributed by atoms with Crippen molar-refractivity contribution >= 4 is 28.2 Å². The zero-order valence-corrected chi connectivity index (χ0v) is 19.9. The van der Waals surface area contributed by atoms with Crippen LogP contribution in [-0.2, 0) is 4.79 Å². The Bertz CT molecular complexity index is 1210. The molecule has 8 heteroatoms. The number of rotatable bonds is 7. The van der Waals surface area contributed by atoms with Gasteiger partial charge in [0.15, 0.2) is 0 Å². The minimum absolute atomic E-state index is 0.0182. The molecule has 3 N–H and O–H groups in total. The van der Waals surface area contributed by atoms with Crippen LogP contribution in [0.5, 0.6) is 5.75 Å². The van der Waals surface area contributed by atoms with Crippen LogP contribution in [0.25, 0.3) is 10.9 Å². The number of carboxylic acids is 1. The molecule has 0 amide bonds. The molecule has 1 aliphatic rings. The second kappa shape index (κ2) is 11.0. The highest BCUT2D eigenvalue weighted by molar-refractivity contribution is 7.08. The summed E-state index contributed by atoms with van der Waals surface area (Å²) in [5, 5.41) is 14.5. The SMILES string of the molecule is COc1ccc2ncc(F)c([C@@H](N)CC[C@H]3CCN(CC#Cc4ccsc4)C[C@H]3C(=O)O)c2c1. The van der Waals surface area contributed by atoms with Crippen LogP contribution in [0.4, 0.5) is 4.39 Å². The molecule has 34 heavy (non-hydrogen) atoms. The Kier molecular flexibility index (Phi) is 7.78. The number of pyridine rings is 1. The molecule has 0 radical (unpaired) electrons. The van der Waals surface area contributed by atoms with Crippen molar-refractivity contribution in [3.8, 4) is 17.6 Å². The van der Waals surface area contributed by atoms with Gasteiger partial charge in [-0.05, 0) is 61.4 Å². The lowest BCUT2D eigenvalue weighted by atomic mass is 9.81. The summed E-state index contributed by atoms with van der Waals surface area (Å²) in [4.78, 5) is 18.3. The van der Waals surface area contributed by atoms with Gasteiger partial charge >= 0.3 is 5.97 Å². The Morgan fingerprint density at radius 3 is 3.03 bits per heavy atom. The number of fused-ring (bicyclic) bond motifs is 1. The number of benzene rings is 1. The molecule has 2 aromatic heterocycles. The fraction of sp³-hybridized carbons (Fsp3) is 0.385. The lowest BCUT2D eigenvalue weighted by Gasteiger charge is -2.36. The molecular formula is C26H28FN3O3S. The first-order chi connectivity index (χ1) is 16.5. The molecule has 3 heterocycles. The first kappa shape index (κ1) is 24.1. The number of likely N-dealkylation sites (tertiary alicyclic amines) is 1. The van der Waals surface area contributed by atoms with Crippen molar-refractivity contribution in [1.29, 1.82) is 0 Å². The third-order valence-electron chi connectivity index (χ3n) is 6.50. The van der Waals surface area contributed by atoms with Crippen molar-refractivity contribution < 1.29 is 19.0 Å². The van der Waals surface area contributed by atoms with E-state index < -0.39 is 23.7 Å². The summed E-state index contributed by atoms with van der Waals surface area (Å²) in [5.41, 5.74) is 8.48. The van der Waals surface area contributed by atoms with Crippen LogP contribution in [0.15, 0.2) is 41.2 Å². The summed E-state index contributed by atoms with van der Waals surface area (Å²) in [7, 11) is 1.56. The molecular weight excluding hydrogens is 453 g/mol. The van der Waals surface area contributed by atoms with E-state index >= 15 is 0 Å². The van der Waals surface area contributed by atoms with E-state index in [1.54, 1.807) is 36.6 Å². The molecule has 4 rings (SSSR count). The van der Waals surface area contributed by atoms with Gasteiger partial charge in [0.2, 0.25) is 0 Å². The van der Waals surface area contributed by atoms with Crippen LogP contribution in [0.2, 0.25) is 0 Å². The number of piperidine rings is 1. The Balaban J connectivity index is 1.42. The van der Waals surface area contributed by atoms with Crippen LogP contribution in [0, 0.1) is 29.5 Å². The minimum atomic E-state index is -0.806. The van der Waals surface area contributed by atoms with Gasteiger partial charge in [0, 0.05) is 34.5 Å². The first-order valence-corrected chi connectivity index (χ1v) is 12.2. The monoisotopic (exact) mass is 481 g/mol. The summed E-state index contributed by atoms with van der Waals surface area (Å²) in [5.74, 6) is 5.09. The number of halogens is 1. The van der Waals surface area contributed by atoms with Crippen molar-refractivity contribution in [2.24, 2.45) is 17.6 Å². The predicted octanol–water partition coefficient (Wildman–Crippen LogP) is 4.30. The molecule has 178 valence electrons. The summed E-state index contributed by atoms with van der Waals surface area (Å²) in [6.07, 6.45) is 3.04. The number of aromatic nitrogens is 1. The molecule has 1 aromatic carbocycles. The van der Waals surface area contributed by atoms with Gasteiger partial charge in [-0.3, -0.25) is 14.7 Å². The van der Waals surface area contributed by atoms with Gasteiger partial charge in [0.25, 0.3) is 0 Å². The van der Waals surface area contributed by atoms with Gasteiger partial charge in [-0.2, -0.15) is 11.3 Å². The van der Waals surface area contributed by atoms with E-state index in [-0.39, 0.29) is 5.92 Å². The number of aliphatic carboxylic acids is 1. The van der Waals surface area contributed by atoms with Crippen molar-refractivity contribution in [1.82, 2.24) is 9.88 Å². The third-order valence-corrected chi connectivity index (χ3v) is 7.18. The smallest absolute Gasteiger partial charge is 0.308 e. The van der Waals surface area contributed by atoms with Crippen LogP contribution in [0.3, 0.4) is 0 Å². The van der Waals surface area contributed by atoms with Gasteiger partial charge in [-0.15, -0.1) is 0 Å². The molecule has 1 saturated heterocycles. The van der Waals surface area contributed by atoms with E-state index in [2.05, 4.69) is 21.7 Å². The number of nitrogens with zero attached hydrogens (tertiary/aromatic N) is 2. The van der Waals surface area contributed by atoms with Crippen LogP contribution in [0.1, 0.15) is 36.4 Å². The maximum atomic E-state index is 14.8. The highest BCUT2D eigenvalue weighted by Crippen LogP contribution is 2.34. The standard InChI is InChI=1S/C26H28FN3O3S/c1-33-19-5-7-24-20(13-19)25(22(27)14-29-24)23(28)6-4-18-8-11-30(15-21(18)26(31)32)10-2-3-17-9-12-34-16-17/h5,7,9,12-14,16,18,21,23H,4,6,8,10-11,15,28H2,1H3,(H,31,32)/t18-,21+,23-/m0/s1. The lowest BCUT2D eigenvalue weighted by Crippen LogP contribution is -2.44. The molecule has 0 saturated carbocycles. The fourth-order valence-corrected chi connectivity index (χ4v) is 5.22. The number of thiophene rings is 1. The Morgan fingerprint density at radius 1 is 1.44 bits per heavy atom. The molecule has 1 aliphatic heterocycles. The fourth-order valence-electron chi connectivity index (χ4n) is 4.64. The molecule has 0 spiro atoms. The van der Waals surface area contributed by atoms with E-state index in [0.717, 1.165) is 18.5 Å². The zero-order valence-electron chi connectivity index (χ0n) is 19.0. The van der Waals surface area contributed by atoms with Crippen LogP contribution < -0.4 is 10.5 Å². The number of hydrogen-bond acceptors (Lipinski definition) is 6. The molecule has 3 aromatic rings. The van der Waals surface area contributed by atoms with Crippen molar-refractivity contribution in [3.05, 3.63) is 58.2 Å². The van der Waals surface area contributed by atoms with Crippen molar-refractivity contribution in [2.45, 2.75) is 25.3 Å². The average Bonchev–Trinajstić information content (AvgIpc) is 3.36. The van der Waals surface area contributed by atoms with E-state index in [4.69, 9.17) is 10.5 Å². The molecule has 0 bridgehead atoms. The maximum Gasteiger partial charge on any atom is 0.308 e. The highest BCUT2D eigenvalue weighted by Gasteiger charge is 2.34. The molecule has 6 nitrogen and oxygen atoms in total. The topological polar surface area (TPSA) is 88.7 Å². The number of hydrogen-bond donors (Lipinski definition) is 2. The molecule has 3 atom stereocenters. The number of nitrogens with two attached hydrogens (primary N) is 1. The first-order valence-electron chi connectivity index (χ1n) is 11.3. The summed E-state index contributed by atoms with van der Waals surface area (Å²) < 4.78 is 20.0. The lowest BCUT2D eigenvalue weighted by molar-refractivity contribution is -0.146. The number of carbonyl (C=O) groups is 1. The van der Waals surface area contributed by atoms with Crippen molar-refractivity contribution in [3.63, 3.8) is 0 Å². The molecule has 0 aliphatic carbocycles. The number of ether oxygens (including phenoxy) is 1. The highest BCUT2D eigenvalue weighted by atomic mass is 32.1. The quantitative estimate of drug-likeness (QED) is 0.489. The Morgan fingerprint density at radius 2 is 2.29 bits per heavy atom. The Labute approximate surface area is 202 Å². The van der Waals surface area contributed by atoms with E-state index in [1.807, 2.05) is 16.8 Å². The third kappa shape index (κ3) is 5.55. The summed E-state index contributed by atoms with van der Waals surface area (Å²) >= 11 is 1.60. The van der Waals surface area contributed by atoms with E-state index in [0.29, 0.717) is 48.1 Å². The predicted molar refractivity (Wildman–Crippen MR) is 131 cm³/mol. The molecule has 0 unspecified atom stereocenters. The van der Waals surface area contributed by atoms with E-state index in [9.17, 15) is 14.3 Å². The normalized spacial score (nSPS) is 19.4. The van der Waals surface area contributed by atoms with Gasteiger partial charge in [0.05, 0.1) is 31.3 Å².